The third-order valence-corrected chi connectivity index (χ3v) is 4.65. The Kier molecular flexibility index (Phi) is 5.48. The molecule has 1 fully saturated rings. The standard InChI is InChI=1S/C19H22N2O2.ClH/c1-2-4-17(5-3-1)21-12-10-20(11-13-21)9-8-16-6-7-18-19(14-16)23-15-22-18;/h1-7,14H,8-13,15H2;1H. The van der Waals surface area contributed by atoms with E-state index in [1.165, 1.54) is 11.3 Å². The molecule has 1 saturated heterocycles. The van der Waals surface area contributed by atoms with Gasteiger partial charge in [-0.25, -0.2) is 0 Å². The number of rotatable bonds is 4. The minimum Gasteiger partial charge on any atom is -0.454 e. The number of ether oxygens (including phenoxy) is 2. The van der Waals surface area contributed by atoms with E-state index in [1.807, 2.05) is 6.07 Å². The van der Waals surface area contributed by atoms with Crippen molar-refractivity contribution in [2.24, 2.45) is 0 Å². The molecule has 24 heavy (non-hydrogen) atoms. The maximum Gasteiger partial charge on any atom is 0.231 e. The van der Waals surface area contributed by atoms with Gasteiger partial charge in [0.15, 0.2) is 11.5 Å². The number of benzene rings is 2. The van der Waals surface area contributed by atoms with Crippen LogP contribution in [0.1, 0.15) is 5.56 Å². The molecule has 0 aliphatic carbocycles. The Bertz CT molecular complexity index is 658. The number of halogens is 1. The van der Waals surface area contributed by atoms with E-state index in [-0.39, 0.29) is 12.4 Å². The summed E-state index contributed by atoms with van der Waals surface area (Å²) < 4.78 is 10.8. The van der Waals surface area contributed by atoms with E-state index in [1.54, 1.807) is 0 Å². The molecule has 0 amide bonds. The van der Waals surface area contributed by atoms with Gasteiger partial charge in [-0.15, -0.1) is 12.4 Å². The molecule has 2 aromatic carbocycles. The molecule has 0 atom stereocenters. The van der Waals surface area contributed by atoms with Crippen LogP contribution in [0.25, 0.3) is 0 Å². The van der Waals surface area contributed by atoms with E-state index < -0.39 is 0 Å². The van der Waals surface area contributed by atoms with Gasteiger partial charge in [-0.2, -0.15) is 0 Å². The second-order valence-electron chi connectivity index (χ2n) is 6.10. The van der Waals surface area contributed by atoms with Gasteiger partial charge in [-0.3, -0.25) is 4.90 Å². The molecule has 4 nitrogen and oxygen atoms in total. The summed E-state index contributed by atoms with van der Waals surface area (Å²) >= 11 is 0. The van der Waals surface area contributed by atoms with Gasteiger partial charge in [0, 0.05) is 38.4 Å². The zero-order valence-corrected chi connectivity index (χ0v) is 14.5. The lowest BCUT2D eigenvalue weighted by Crippen LogP contribution is -2.46. The van der Waals surface area contributed by atoms with Gasteiger partial charge in [0.1, 0.15) is 0 Å². The highest BCUT2D eigenvalue weighted by atomic mass is 35.5. The fourth-order valence-electron chi connectivity index (χ4n) is 3.25. The fraction of sp³-hybridized carbons (Fsp3) is 0.368. The average Bonchev–Trinajstić information content (AvgIpc) is 3.09. The maximum atomic E-state index is 5.45. The predicted octanol–water partition coefficient (Wildman–Crippen LogP) is 3.20. The Morgan fingerprint density at radius 1 is 0.833 bits per heavy atom. The van der Waals surface area contributed by atoms with Crippen LogP contribution in [0.4, 0.5) is 5.69 Å². The highest BCUT2D eigenvalue weighted by Gasteiger charge is 2.17. The number of anilines is 1. The summed E-state index contributed by atoms with van der Waals surface area (Å²) in [5, 5.41) is 0. The van der Waals surface area contributed by atoms with Crippen LogP contribution in [0.2, 0.25) is 0 Å². The van der Waals surface area contributed by atoms with Crippen molar-refractivity contribution < 1.29 is 9.47 Å². The molecule has 4 rings (SSSR count). The largest absolute Gasteiger partial charge is 0.454 e. The van der Waals surface area contributed by atoms with Crippen molar-refractivity contribution in [1.82, 2.24) is 4.90 Å². The highest BCUT2D eigenvalue weighted by molar-refractivity contribution is 5.85. The first-order chi connectivity index (χ1) is 11.4. The van der Waals surface area contributed by atoms with Crippen molar-refractivity contribution in [3.05, 3.63) is 54.1 Å². The van der Waals surface area contributed by atoms with Gasteiger partial charge in [0.25, 0.3) is 0 Å². The molecule has 0 unspecified atom stereocenters. The fourth-order valence-corrected chi connectivity index (χ4v) is 3.25. The maximum absolute atomic E-state index is 5.45. The van der Waals surface area contributed by atoms with Gasteiger partial charge < -0.3 is 14.4 Å². The summed E-state index contributed by atoms with van der Waals surface area (Å²) in [4.78, 5) is 5.01. The third kappa shape index (κ3) is 3.77. The lowest BCUT2D eigenvalue weighted by atomic mass is 10.1. The summed E-state index contributed by atoms with van der Waals surface area (Å²) in [6.07, 6.45) is 1.06. The molecule has 2 aliphatic heterocycles. The Morgan fingerprint density at radius 3 is 2.38 bits per heavy atom. The molecule has 2 aliphatic rings. The molecule has 0 saturated carbocycles. The first-order valence-corrected chi connectivity index (χ1v) is 8.29. The SMILES string of the molecule is Cl.c1ccc(N2CCN(CCc3ccc4c(c3)OCO4)CC2)cc1. The van der Waals surface area contributed by atoms with E-state index in [2.05, 4.69) is 52.3 Å². The van der Waals surface area contributed by atoms with Gasteiger partial charge >= 0.3 is 0 Å². The summed E-state index contributed by atoms with van der Waals surface area (Å²) in [5.41, 5.74) is 2.66. The Morgan fingerprint density at radius 2 is 1.58 bits per heavy atom. The van der Waals surface area contributed by atoms with Crippen LogP contribution in [0, 0.1) is 0 Å². The second kappa shape index (κ2) is 7.77. The molecule has 128 valence electrons. The van der Waals surface area contributed by atoms with E-state index in [4.69, 9.17) is 9.47 Å². The van der Waals surface area contributed by atoms with Crippen LogP contribution in [-0.4, -0.2) is 44.4 Å². The Hall–Kier alpha value is -1.91. The molecular formula is C19H23ClN2O2. The normalized spacial score (nSPS) is 16.8. The van der Waals surface area contributed by atoms with Crippen LogP contribution >= 0.6 is 12.4 Å². The number of hydrogen-bond acceptors (Lipinski definition) is 4. The quantitative estimate of drug-likeness (QED) is 0.848. The minimum absolute atomic E-state index is 0. The average molecular weight is 347 g/mol. The van der Waals surface area contributed by atoms with E-state index in [0.29, 0.717) is 6.79 Å². The molecule has 2 aromatic rings. The van der Waals surface area contributed by atoms with Crippen LogP contribution in [0.3, 0.4) is 0 Å². The zero-order valence-electron chi connectivity index (χ0n) is 13.7. The van der Waals surface area contributed by atoms with E-state index in [9.17, 15) is 0 Å². The first kappa shape index (κ1) is 16.9. The first-order valence-electron chi connectivity index (χ1n) is 8.29. The molecule has 0 spiro atoms. The predicted molar refractivity (Wildman–Crippen MR) is 98.6 cm³/mol. The van der Waals surface area contributed by atoms with E-state index in [0.717, 1.165) is 50.6 Å². The van der Waals surface area contributed by atoms with Gasteiger partial charge in [-0.1, -0.05) is 24.3 Å². The molecule has 0 aromatic heterocycles. The summed E-state index contributed by atoms with van der Waals surface area (Å²) in [6, 6.07) is 17.0. The van der Waals surface area contributed by atoms with Crippen LogP contribution in [0.5, 0.6) is 11.5 Å². The number of piperazine rings is 1. The van der Waals surface area contributed by atoms with Crippen molar-refractivity contribution in [2.75, 3.05) is 44.4 Å². The third-order valence-electron chi connectivity index (χ3n) is 4.65. The summed E-state index contributed by atoms with van der Waals surface area (Å²) in [6.45, 7) is 5.90. The van der Waals surface area contributed by atoms with Crippen LogP contribution in [-0.2, 0) is 6.42 Å². The van der Waals surface area contributed by atoms with Crippen molar-refractivity contribution in [3.8, 4) is 11.5 Å². The summed E-state index contributed by atoms with van der Waals surface area (Å²) in [5.74, 6) is 1.75. The van der Waals surface area contributed by atoms with Gasteiger partial charge in [-0.05, 0) is 36.2 Å². The van der Waals surface area contributed by atoms with Crippen molar-refractivity contribution in [1.29, 1.82) is 0 Å². The molecule has 2 heterocycles. The topological polar surface area (TPSA) is 24.9 Å². The van der Waals surface area contributed by atoms with Crippen LogP contribution < -0.4 is 14.4 Å². The lowest BCUT2D eigenvalue weighted by molar-refractivity contribution is 0.174. The molecule has 0 N–H and O–H groups in total. The van der Waals surface area contributed by atoms with Gasteiger partial charge in [0.2, 0.25) is 6.79 Å². The smallest absolute Gasteiger partial charge is 0.231 e. The lowest BCUT2D eigenvalue weighted by Gasteiger charge is -2.36. The van der Waals surface area contributed by atoms with Gasteiger partial charge in [0.05, 0.1) is 0 Å². The number of fused-ring (bicyclic) bond motifs is 1. The molecule has 0 radical (unpaired) electrons. The number of nitrogens with zero attached hydrogens (tertiary/aromatic N) is 2. The number of para-hydroxylation sites is 1. The second-order valence-corrected chi connectivity index (χ2v) is 6.10. The van der Waals surface area contributed by atoms with E-state index >= 15 is 0 Å². The van der Waals surface area contributed by atoms with Crippen molar-refractivity contribution >= 4 is 18.1 Å². The van der Waals surface area contributed by atoms with Crippen molar-refractivity contribution in [2.45, 2.75) is 6.42 Å². The zero-order chi connectivity index (χ0) is 15.5. The molecule has 0 bridgehead atoms. The summed E-state index contributed by atoms with van der Waals surface area (Å²) in [7, 11) is 0. The monoisotopic (exact) mass is 346 g/mol. The number of hydrogen-bond donors (Lipinski definition) is 0. The Labute approximate surface area is 149 Å². The van der Waals surface area contributed by atoms with Crippen molar-refractivity contribution in [3.63, 3.8) is 0 Å². The van der Waals surface area contributed by atoms with Crippen LogP contribution in [0.15, 0.2) is 48.5 Å². The minimum atomic E-state index is 0. The Balaban J connectivity index is 0.00000169. The molecule has 5 heteroatoms. The highest BCUT2D eigenvalue weighted by Crippen LogP contribution is 2.32. The molecular weight excluding hydrogens is 324 g/mol.